The third-order valence-electron chi connectivity index (χ3n) is 3.65. The third kappa shape index (κ3) is 4.19. The normalized spacial score (nSPS) is 13.7. The topological polar surface area (TPSA) is 41.5 Å². The van der Waals surface area contributed by atoms with E-state index in [0.29, 0.717) is 16.9 Å². The number of aliphatic hydroxyl groups excluding tert-OH is 1. The Hall–Kier alpha value is -1.69. The number of hydrogen-bond donors (Lipinski definition) is 2. The fourth-order valence-electron chi connectivity index (χ4n) is 2.36. The predicted molar refractivity (Wildman–Crippen MR) is 85.7 cm³/mol. The summed E-state index contributed by atoms with van der Waals surface area (Å²) in [5.41, 5.74) is 0.967. The molecule has 2 unspecified atom stereocenters. The highest BCUT2D eigenvalue weighted by molar-refractivity contribution is 6.30. The maximum Gasteiger partial charge on any atom is 0.142 e. The molecule has 0 fully saturated rings. The van der Waals surface area contributed by atoms with Gasteiger partial charge in [-0.1, -0.05) is 23.7 Å². The molecule has 2 rings (SSSR count). The van der Waals surface area contributed by atoms with Gasteiger partial charge in [-0.3, -0.25) is 0 Å². The maximum absolute atomic E-state index is 14.1. The zero-order valence-corrected chi connectivity index (χ0v) is 13.6. The van der Waals surface area contributed by atoms with E-state index in [0.717, 1.165) is 0 Å². The molecule has 0 amide bonds. The van der Waals surface area contributed by atoms with E-state index in [9.17, 15) is 13.9 Å². The summed E-state index contributed by atoms with van der Waals surface area (Å²) >= 11 is 5.66. The summed E-state index contributed by atoms with van der Waals surface area (Å²) in [7, 11) is 1.47. The Kier molecular flexibility index (Phi) is 5.93. The van der Waals surface area contributed by atoms with E-state index in [4.69, 9.17) is 16.3 Å². The standard InChI is InChI=1S/C17H18ClF2NO2/c1-10(13-5-4-12(23-2)8-15(13)19)21-17(9-22)11-3-6-14(18)16(20)7-11/h3-8,10,17,21-22H,9H2,1-2H3. The Morgan fingerprint density at radius 1 is 1.17 bits per heavy atom. The monoisotopic (exact) mass is 341 g/mol. The van der Waals surface area contributed by atoms with Gasteiger partial charge < -0.3 is 15.2 Å². The Balaban J connectivity index is 2.19. The van der Waals surface area contributed by atoms with Crippen LogP contribution in [0.2, 0.25) is 5.02 Å². The van der Waals surface area contributed by atoms with E-state index in [2.05, 4.69) is 5.32 Å². The quantitative estimate of drug-likeness (QED) is 0.834. The minimum absolute atomic E-state index is 0.0136. The zero-order valence-electron chi connectivity index (χ0n) is 12.8. The van der Waals surface area contributed by atoms with Crippen LogP contribution in [0.5, 0.6) is 5.75 Å². The summed E-state index contributed by atoms with van der Waals surface area (Å²) in [6, 6.07) is 7.94. The molecule has 23 heavy (non-hydrogen) atoms. The molecule has 2 N–H and O–H groups in total. The fraction of sp³-hybridized carbons (Fsp3) is 0.294. The van der Waals surface area contributed by atoms with Crippen LogP contribution < -0.4 is 10.1 Å². The summed E-state index contributed by atoms with van der Waals surface area (Å²) in [4.78, 5) is 0. The van der Waals surface area contributed by atoms with E-state index < -0.39 is 23.7 Å². The minimum atomic E-state index is -0.562. The van der Waals surface area contributed by atoms with Gasteiger partial charge in [0.2, 0.25) is 0 Å². The van der Waals surface area contributed by atoms with Gasteiger partial charge in [0, 0.05) is 17.7 Å². The summed E-state index contributed by atoms with van der Waals surface area (Å²) in [5.74, 6) is -0.548. The van der Waals surface area contributed by atoms with Gasteiger partial charge in [-0.05, 0) is 30.7 Å². The van der Waals surface area contributed by atoms with Crippen molar-refractivity contribution in [2.45, 2.75) is 19.0 Å². The highest BCUT2D eigenvalue weighted by Gasteiger charge is 2.18. The van der Waals surface area contributed by atoms with Crippen LogP contribution in [0.1, 0.15) is 30.1 Å². The fourth-order valence-corrected chi connectivity index (χ4v) is 2.48. The Morgan fingerprint density at radius 3 is 2.48 bits per heavy atom. The van der Waals surface area contributed by atoms with Crippen LogP contribution in [0.4, 0.5) is 8.78 Å². The van der Waals surface area contributed by atoms with Crippen molar-refractivity contribution in [2.24, 2.45) is 0 Å². The minimum Gasteiger partial charge on any atom is -0.497 e. The van der Waals surface area contributed by atoms with Gasteiger partial charge in [0.15, 0.2) is 0 Å². The van der Waals surface area contributed by atoms with Crippen molar-refractivity contribution >= 4 is 11.6 Å². The number of ether oxygens (including phenoxy) is 1. The molecule has 0 aromatic heterocycles. The molecule has 0 heterocycles. The molecule has 3 nitrogen and oxygen atoms in total. The molecular weight excluding hydrogens is 324 g/mol. The average Bonchev–Trinajstić information content (AvgIpc) is 2.54. The van der Waals surface area contributed by atoms with E-state index in [1.165, 1.54) is 25.3 Å². The second kappa shape index (κ2) is 7.73. The lowest BCUT2D eigenvalue weighted by Crippen LogP contribution is -2.28. The van der Waals surface area contributed by atoms with Crippen molar-refractivity contribution in [3.8, 4) is 5.75 Å². The van der Waals surface area contributed by atoms with Crippen molar-refractivity contribution in [3.63, 3.8) is 0 Å². The molecule has 0 saturated heterocycles. The molecule has 0 aliphatic rings. The third-order valence-corrected chi connectivity index (χ3v) is 3.96. The average molecular weight is 342 g/mol. The summed E-state index contributed by atoms with van der Waals surface area (Å²) < 4.78 is 32.6. The first-order valence-electron chi connectivity index (χ1n) is 7.11. The summed E-state index contributed by atoms with van der Waals surface area (Å²) in [5, 5.41) is 12.7. The summed E-state index contributed by atoms with van der Waals surface area (Å²) in [6.45, 7) is 1.50. The van der Waals surface area contributed by atoms with E-state index in [1.807, 2.05) is 0 Å². The van der Waals surface area contributed by atoms with Gasteiger partial charge in [-0.25, -0.2) is 8.78 Å². The second-order valence-corrected chi connectivity index (χ2v) is 5.59. The number of benzene rings is 2. The Labute approximate surface area is 138 Å². The smallest absolute Gasteiger partial charge is 0.142 e. The number of aliphatic hydroxyl groups is 1. The number of hydrogen-bond acceptors (Lipinski definition) is 3. The van der Waals surface area contributed by atoms with Gasteiger partial charge in [0.25, 0.3) is 0 Å². The lowest BCUT2D eigenvalue weighted by atomic mass is 10.0. The number of rotatable bonds is 6. The van der Waals surface area contributed by atoms with Gasteiger partial charge in [0.1, 0.15) is 17.4 Å². The predicted octanol–water partition coefficient (Wildman–Crippen LogP) is 4.01. The molecule has 0 aliphatic heterocycles. The van der Waals surface area contributed by atoms with Crippen molar-refractivity contribution in [1.82, 2.24) is 5.32 Å². The molecule has 0 radical (unpaired) electrons. The first kappa shape index (κ1) is 17.7. The van der Waals surface area contributed by atoms with Crippen LogP contribution in [-0.2, 0) is 0 Å². The first-order chi connectivity index (χ1) is 11.0. The van der Waals surface area contributed by atoms with Crippen molar-refractivity contribution < 1.29 is 18.6 Å². The number of halogens is 3. The molecule has 0 spiro atoms. The first-order valence-corrected chi connectivity index (χ1v) is 7.49. The maximum atomic E-state index is 14.1. The molecule has 2 aromatic carbocycles. The van der Waals surface area contributed by atoms with Gasteiger partial charge in [-0.15, -0.1) is 0 Å². The van der Waals surface area contributed by atoms with Crippen LogP contribution in [0.15, 0.2) is 36.4 Å². The molecule has 2 aromatic rings. The van der Waals surface area contributed by atoms with Crippen LogP contribution >= 0.6 is 11.6 Å². The van der Waals surface area contributed by atoms with E-state index >= 15 is 0 Å². The van der Waals surface area contributed by atoms with Crippen molar-refractivity contribution in [1.29, 1.82) is 0 Å². The van der Waals surface area contributed by atoms with Gasteiger partial charge in [0.05, 0.1) is 24.8 Å². The summed E-state index contributed by atoms with van der Waals surface area (Å²) in [6.07, 6.45) is 0. The Morgan fingerprint density at radius 2 is 1.91 bits per heavy atom. The highest BCUT2D eigenvalue weighted by atomic mass is 35.5. The Bertz CT molecular complexity index is 682. The van der Waals surface area contributed by atoms with Crippen molar-refractivity contribution in [3.05, 3.63) is 64.2 Å². The second-order valence-electron chi connectivity index (χ2n) is 5.18. The van der Waals surface area contributed by atoms with Crippen LogP contribution in [0.25, 0.3) is 0 Å². The lowest BCUT2D eigenvalue weighted by Gasteiger charge is -2.23. The van der Waals surface area contributed by atoms with E-state index in [-0.39, 0.29) is 11.6 Å². The molecule has 0 saturated carbocycles. The van der Waals surface area contributed by atoms with Gasteiger partial charge in [-0.2, -0.15) is 0 Å². The SMILES string of the molecule is COc1ccc(C(C)NC(CO)c2ccc(Cl)c(F)c2)c(F)c1. The molecule has 6 heteroatoms. The zero-order chi connectivity index (χ0) is 17.0. The van der Waals surface area contributed by atoms with Gasteiger partial charge >= 0.3 is 0 Å². The van der Waals surface area contributed by atoms with Crippen LogP contribution in [-0.4, -0.2) is 18.8 Å². The lowest BCUT2D eigenvalue weighted by molar-refractivity contribution is 0.234. The number of methoxy groups -OCH3 is 1. The van der Waals surface area contributed by atoms with Crippen LogP contribution in [0.3, 0.4) is 0 Å². The number of nitrogens with one attached hydrogen (secondary N) is 1. The van der Waals surface area contributed by atoms with Crippen LogP contribution in [0, 0.1) is 11.6 Å². The highest BCUT2D eigenvalue weighted by Crippen LogP contribution is 2.26. The van der Waals surface area contributed by atoms with E-state index in [1.54, 1.807) is 25.1 Å². The molecule has 0 aliphatic carbocycles. The molecular formula is C17H18ClF2NO2. The molecule has 0 bridgehead atoms. The molecule has 2 atom stereocenters. The molecule has 124 valence electrons. The largest absolute Gasteiger partial charge is 0.497 e. The van der Waals surface area contributed by atoms with Crippen molar-refractivity contribution in [2.75, 3.05) is 13.7 Å².